The lowest BCUT2D eigenvalue weighted by Crippen LogP contribution is -2.16. The number of furan rings is 1. The lowest BCUT2D eigenvalue weighted by Gasteiger charge is -2.28. The Morgan fingerprint density at radius 3 is 2.32 bits per heavy atom. The summed E-state index contributed by atoms with van der Waals surface area (Å²) in [6, 6.07) is 46.7. The lowest BCUT2D eigenvalue weighted by molar-refractivity contribution is 0.660. The van der Waals surface area contributed by atoms with Crippen LogP contribution in [0.25, 0.3) is 60.2 Å². The van der Waals surface area contributed by atoms with E-state index >= 15 is 0 Å². The number of thioether (sulfide) groups is 1. The molecular weight excluding hydrogens is 627 g/mol. The minimum atomic E-state index is -0.118. The fourth-order valence-corrected chi connectivity index (χ4v) is 10.1. The summed E-state index contributed by atoms with van der Waals surface area (Å²) in [5.74, 6) is 0. The zero-order chi connectivity index (χ0) is 33.1. The van der Waals surface area contributed by atoms with Gasteiger partial charge in [0, 0.05) is 38.0 Å². The van der Waals surface area contributed by atoms with Gasteiger partial charge in [-0.1, -0.05) is 111 Å². The second kappa shape index (κ2) is 10.2. The van der Waals surface area contributed by atoms with Gasteiger partial charge in [-0.2, -0.15) is 0 Å². The summed E-state index contributed by atoms with van der Waals surface area (Å²) in [6.45, 7) is 4.70. The highest BCUT2D eigenvalue weighted by Gasteiger charge is 2.37. The molecule has 0 fully saturated rings. The van der Waals surface area contributed by atoms with Gasteiger partial charge in [-0.15, -0.1) is 17.5 Å². The summed E-state index contributed by atoms with van der Waals surface area (Å²) in [5.41, 5.74) is 16.2. The Hall–Kier alpha value is -5.73. The second-order valence-electron chi connectivity index (χ2n) is 14.1. The molecule has 2 nitrogen and oxygen atoms in total. The zero-order valence-electron chi connectivity index (χ0n) is 27.7. The molecule has 2 aliphatic carbocycles. The van der Waals surface area contributed by atoms with Crippen molar-refractivity contribution in [2.75, 3.05) is 4.90 Å². The van der Waals surface area contributed by atoms with Gasteiger partial charge in [-0.05, 0) is 97.9 Å². The molecule has 0 saturated heterocycles. The van der Waals surface area contributed by atoms with Gasteiger partial charge in [-0.25, -0.2) is 0 Å². The van der Waals surface area contributed by atoms with Crippen LogP contribution < -0.4 is 4.90 Å². The first-order valence-electron chi connectivity index (χ1n) is 17.3. The van der Waals surface area contributed by atoms with Crippen LogP contribution in [0.15, 0.2) is 161 Å². The molecule has 1 unspecified atom stereocenters. The number of nitrogens with zero attached hydrogens (tertiary/aromatic N) is 1. The van der Waals surface area contributed by atoms with Crippen molar-refractivity contribution >= 4 is 77.9 Å². The van der Waals surface area contributed by atoms with Gasteiger partial charge in [0.2, 0.25) is 0 Å². The van der Waals surface area contributed by atoms with E-state index in [4.69, 9.17) is 4.42 Å². The smallest absolute Gasteiger partial charge is 0.159 e. The van der Waals surface area contributed by atoms with Gasteiger partial charge in [0.05, 0.1) is 10.9 Å². The van der Waals surface area contributed by atoms with Crippen molar-refractivity contribution in [3.63, 3.8) is 0 Å². The number of allylic oxidation sites excluding steroid dienone is 1. The third kappa shape index (κ3) is 3.77. The van der Waals surface area contributed by atoms with E-state index in [1.54, 1.807) is 0 Å². The number of anilines is 3. The molecule has 50 heavy (non-hydrogen) atoms. The first-order chi connectivity index (χ1) is 24.6. The van der Waals surface area contributed by atoms with E-state index in [9.17, 15) is 0 Å². The molecular formula is C47H31NOS. The van der Waals surface area contributed by atoms with Crippen LogP contribution >= 0.6 is 11.8 Å². The molecule has 0 amide bonds. The minimum Gasteiger partial charge on any atom is -0.453 e. The van der Waals surface area contributed by atoms with E-state index in [-0.39, 0.29) is 10.7 Å². The Balaban J connectivity index is 1.21. The van der Waals surface area contributed by atoms with Crippen LogP contribution in [0, 0.1) is 0 Å². The van der Waals surface area contributed by atoms with Gasteiger partial charge in [-0.3, -0.25) is 0 Å². The molecule has 1 atom stereocenters. The Morgan fingerprint density at radius 1 is 0.660 bits per heavy atom. The molecule has 0 spiro atoms. The summed E-state index contributed by atoms with van der Waals surface area (Å²) in [6.07, 6.45) is 6.44. The molecule has 8 aromatic rings. The van der Waals surface area contributed by atoms with E-state index in [2.05, 4.69) is 164 Å². The van der Waals surface area contributed by atoms with E-state index in [1.807, 2.05) is 17.8 Å². The van der Waals surface area contributed by atoms with Crippen molar-refractivity contribution in [2.24, 2.45) is 0 Å². The summed E-state index contributed by atoms with van der Waals surface area (Å²) in [5, 5.41) is 7.50. The number of para-hydroxylation sites is 1. The average molecular weight is 658 g/mol. The molecule has 236 valence electrons. The van der Waals surface area contributed by atoms with Crippen molar-refractivity contribution in [1.29, 1.82) is 0 Å². The first kappa shape index (κ1) is 28.1. The SMILES string of the molecule is CC1(C)c2ccccc2-c2ccc(N(c3ccc4ccccc4c3)c3cccc4c3oc3c5c(c6ccccc6c34)SC3C=C=CC=C53)cc21. The van der Waals surface area contributed by atoms with Gasteiger partial charge < -0.3 is 9.32 Å². The predicted octanol–water partition coefficient (Wildman–Crippen LogP) is 13.3. The summed E-state index contributed by atoms with van der Waals surface area (Å²) >= 11 is 1.91. The van der Waals surface area contributed by atoms with Crippen LogP contribution in [0.3, 0.4) is 0 Å². The average Bonchev–Trinajstić information content (AvgIpc) is 3.81. The maximum atomic E-state index is 7.24. The van der Waals surface area contributed by atoms with E-state index in [0.29, 0.717) is 0 Å². The fourth-order valence-electron chi connectivity index (χ4n) is 8.74. The van der Waals surface area contributed by atoms with Crippen LogP contribution in [-0.2, 0) is 5.41 Å². The third-order valence-corrected chi connectivity index (χ3v) is 12.4. The van der Waals surface area contributed by atoms with Crippen molar-refractivity contribution in [2.45, 2.75) is 29.4 Å². The normalized spacial score (nSPS) is 16.5. The van der Waals surface area contributed by atoms with Gasteiger partial charge >= 0.3 is 0 Å². The van der Waals surface area contributed by atoms with Gasteiger partial charge in [0.25, 0.3) is 0 Å². The number of benzene rings is 7. The number of hydrogen-bond donors (Lipinski definition) is 0. The Bertz CT molecular complexity index is 2880. The summed E-state index contributed by atoms with van der Waals surface area (Å²) in [4.78, 5) is 3.70. The highest BCUT2D eigenvalue weighted by atomic mass is 32.2. The van der Waals surface area contributed by atoms with Crippen LogP contribution in [0.2, 0.25) is 0 Å². The topological polar surface area (TPSA) is 16.4 Å². The van der Waals surface area contributed by atoms with E-state index in [1.165, 1.54) is 65.2 Å². The standard InChI is InChI=1S/C47H31NOS/c1-47(2)38-19-9-7-14-32(38)33-25-24-31(27-39(33)47)48(30-23-22-28-12-3-4-13-29(28)26-30)40-20-11-18-37-42-34-15-5-6-16-35(34)46-43(45(42)49-44(37)40)36-17-8-10-21-41(36)50-46/h3-9,11-27,41H,1-2H3. The maximum absolute atomic E-state index is 7.24. The van der Waals surface area contributed by atoms with E-state index in [0.717, 1.165) is 33.6 Å². The Kier molecular flexibility index (Phi) is 5.71. The van der Waals surface area contributed by atoms with Crippen LogP contribution in [0.1, 0.15) is 30.5 Å². The highest BCUT2D eigenvalue weighted by Crippen LogP contribution is 2.56. The molecule has 2 heterocycles. The quantitative estimate of drug-likeness (QED) is 0.176. The molecule has 1 aromatic heterocycles. The van der Waals surface area contributed by atoms with Crippen molar-refractivity contribution in [3.05, 3.63) is 168 Å². The van der Waals surface area contributed by atoms with Crippen LogP contribution in [0.4, 0.5) is 17.1 Å². The molecule has 1 aliphatic heterocycles. The molecule has 3 aliphatic rings. The molecule has 0 bridgehead atoms. The zero-order valence-corrected chi connectivity index (χ0v) is 28.5. The Morgan fingerprint density at radius 2 is 1.40 bits per heavy atom. The van der Waals surface area contributed by atoms with Gasteiger partial charge in [0.15, 0.2) is 5.58 Å². The van der Waals surface area contributed by atoms with Gasteiger partial charge in [0.1, 0.15) is 5.58 Å². The minimum absolute atomic E-state index is 0.118. The third-order valence-electron chi connectivity index (χ3n) is 11.1. The molecule has 0 N–H and O–H groups in total. The molecule has 11 rings (SSSR count). The largest absolute Gasteiger partial charge is 0.453 e. The Labute approximate surface area is 294 Å². The van der Waals surface area contributed by atoms with Crippen molar-refractivity contribution in [1.82, 2.24) is 0 Å². The van der Waals surface area contributed by atoms with Crippen LogP contribution in [-0.4, -0.2) is 5.25 Å². The summed E-state index contributed by atoms with van der Waals surface area (Å²) < 4.78 is 7.24. The monoisotopic (exact) mass is 657 g/mol. The second-order valence-corrected chi connectivity index (χ2v) is 15.3. The highest BCUT2D eigenvalue weighted by molar-refractivity contribution is 8.01. The van der Waals surface area contributed by atoms with Crippen molar-refractivity contribution < 1.29 is 4.42 Å². The summed E-state index contributed by atoms with van der Waals surface area (Å²) in [7, 11) is 0. The first-order valence-corrected chi connectivity index (χ1v) is 18.2. The van der Waals surface area contributed by atoms with E-state index < -0.39 is 0 Å². The van der Waals surface area contributed by atoms with Crippen molar-refractivity contribution in [3.8, 4) is 11.1 Å². The lowest BCUT2D eigenvalue weighted by atomic mass is 9.82. The predicted molar refractivity (Wildman–Crippen MR) is 211 cm³/mol. The number of fused-ring (bicyclic) bond motifs is 14. The maximum Gasteiger partial charge on any atom is 0.159 e. The van der Waals surface area contributed by atoms with Crippen LogP contribution in [0.5, 0.6) is 0 Å². The molecule has 3 heteroatoms. The molecule has 7 aromatic carbocycles. The molecule has 0 saturated carbocycles. The number of hydrogen-bond acceptors (Lipinski definition) is 3. The fraction of sp³-hybridized carbons (Fsp3) is 0.0851. The number of rotatable bonds is 3. The molecule has 0 radical (unpaired) electrons.